The van der Waals surface area contributed by atoms with E-state index in [1.165, 1.54) is 6.33 Å². The second-order valence-corrected chi connectivity index (χ2v) is 6.36. The molecule has 116 valence electrons. The first-order chi connectivity index (χ1) is 10.5. The zero-order valence-electron chi connectivity index (χ0n) is 12.8. The largest absolute Gasteiger partial charge is 0.323 e. The number of aryl methyl sites for hydroxylation is 2. The molecule has 7 nitrogen and oxygen atoms in total. The van der Waals surface area contributed by atoms with E-state index in [1.54, 1.807) is 4.68 Å². The van der Waals surface area contributed by atoms with Gasteiger partial charge >= 0.3 is 0 Å². The van der Waals surface area contributed by atoms with E-state index in [2.05, 4.69) is 55.3 Å². The minimum atomic E-state index is 0.661. The van der Waals surface area contributed by atoms with Crippen LogP contribution in [0, 0.1) is 5.92 Å². The van der Waals surface area contributed by atoms with Crippen molar-refractivity contribution >= 4 is 38.6 Å². The molecule has 22 heavy (non-hydrogen) atoms. The molecule has 3 aromatic heterocycles. The number of anilines is 2. The van der Waals surface area contributed by atoms with Crippen molar-refractivity contribution in [1.82, 2.24) is 29.5 Å². The molecule has 0 amide bonds. The van der Waals surface area contributed by atoms with Crippen molar-refractivity contribution in [3.63, 3.8) is 0 Å². The molecule has 0 aliphatic heterocycles. The summed E-state index contributed by atoms with van der Waals surface area (Å²) in [5.41, 5.74) is 0.767. The molecule has 8 heteroatoms. The average molecular weight is 364 g/mol. The van der Waals surface area contributed by atoms with Crippen molar-refractivity contribution in [1.29, 1.82) is 0 Å². The average Bonchev–Trinajstić information content (AvgIpc) is 3.03. The lowest BCUT2D eigenvalue weighted by Gasteiger charge is -2.05. The predicted molar refractivity (Wildman–Crippen MR) is 89.0 cm³/mol. The van der Waals surface area contributed by atoms with E-state index >= 15 is 0 Å². The highest BCUT2D eigenvalue weighted by atomic mass is 79.9. The molecule has 0 fully saturated rings. The van der Waals surface area contributed by atoms with Crippen molar-refractivity contribution in [2.75, 3.05) is 5.32 Å². The Labute approximate surface area is 136 Å². The summed E-state index contributed by atoms with van der Waals surface area (Å²) in [4.78, 5) is 8.56. The zero-order chi connectivity index (χ0) is 15.7. The third kappa shape index (κ3) is 2.96. The van der Waals surface area contributed by atoms with Gasteiger partial charge in [-0.05, 0) is 28.3 Å². The standard InChI is InChI=1S/C14H18BrN7/c1-9(2)4-6-22-7-5-10(19-22)18-13-11-12(15)20-21(3)14(11)17-8-16-13/h5,7-9H,4,6H2,1-3H3,(H,16,17,18,19). The number of nitrogens with one attached hydrogen (secondary N) is 1. The van der Waals surface area contributed by atoms with E-state index in [1.807, 2.05) is 24.0 Å². The number of hydrogen-bond acceptors (Lipinski definition) is 5. The number of rotatable bonds is 5. The lowest BCUT2D eigenvalue weighted by atomic mass is 10.1. The molecule has 0 saturated heterocycles. The molecule has 0 atom stereocenters. The summed E-state index contributed by atoms with van der Waals surface area (Å²) >= 11 is 3.45. The first kappa shape index (κ1) is 15.0. The molecule has 0 saturated carbocycles. The molecule has 1 N–H and O–H groups in total. The summed E-state index contributed by atoms with van der Waals surface area (Å²) in [6.07, 6.45) is 4.60. The number of hydrogen-bond donors (Lipinski definition) is 1. The topological polar surface area (TPSA) is 73.5 Å². The molecule has 0 aliphatic carbocycles. The Kier molecular flexibility index (Phi) is 4.10. The Morgan fingerprint density at radius 3 is 2.86 bits per heavy atom. The molecular weight excluding hydrogens is 346 g/mol. The normalized spacial score (nSPS) is 11.5. The van der Waals surface area contributed by atoms with Gasteiger partial charge in [0.2, 0.25) is 0 Å². The van der Waals surface area contributed by atoms with Crippen molar-refractivity contribution < 1.29 is 0 Å². The number of nitrogens with zero attached hydrogens (tertiary/aromatic N) is 6. The van der Waals surface area contributed by atoms with Gasteiger partial charge in [-0.1, -0.05) is 13.8 Å². The van der Waals surface area contributed by atoms with Gasteiger partial charge in [0.05, 0.1) is 5.39 Å². The Morgan fingerprint density at radius 2 is 2.09 bits per heavy atom. The first-order valence-corrected chi connectivity index (χ1v) is 7.97. The van der Waals surface area contributed by atoms with E-state index in [-0.39, 0.29) is 0 Å². The number of fused-ring (bicyclic) bond motifs is 1. The Balaban J connectivity index is 1.84. The molecule has 0 unspecified atom stereocenters. The smallest absolute Gasteiger partial charge is 0.164 e. The highest BCUT2D eigenvalue weighted by molar-refractivity contribution is 9.10. The molecule has 0 aliphatic rings. The van der Waals surface area contributed by atoms with E-state index in [4.69, 9.17) is 0 Å². The van der Waals surface area contributed by atoms with E-state index < -0.39 is 0 Å². The second-order valence-electron chi connectivity index (χ2n) is 5.61. The molecule has 0 aromatic carbocycles. The third-order valence-electron chi connectivity index (χ3n) is 3.40. The lowest BCUT2D eigenvalue weighted by molar-refractivity contribution is 0.488. The SMILES string of the molecule is CC(C)CCn1ccc(Nc2ncnc3c2c(Br)nn3C)n1. The monoisotopic (exact) mass is 363 g/mol. The fourth-order valence-corrected chi connectivity index (χ4v) is 2.80. The van der Waals surface area contributed by atoms with Gasteiger partial charge in [0.25, 0.3) is 0 Å². The highest BCUT2D eigenvalue weighted by Crippen LogP contribution is 2.28. The first-order valence-electron chi connectivity index (χ1n) is 7.18. The minimum absolute atomic E-state index is 0.661. The van der Waals surface area contributed by atoms with Crippen LogP contribution in [0.2, 0.25) is 0 Å². The predicted octanol–water partition coefficient (Wildman–Crippen LogP) is 3.11. The summed E-state index contributed by atoms with van der Waals surface area (Å²) in [6.45, 7) is 5.33. The van der Waals surface area contributed by atoms with Crippen LogP contribution in [-0.2, 0) is 13.6 Å². The van der Waals surface area contributed by atoms with Gasteiger partial charge in [-0.15, -0.1) is 0 Å². The summed E-state index contributed by atoms with van der Waals surface area (Å²) in [5.74, 6) is 2.12. The summed E-state index contributed by atoms with van der Waals surface area (Å²) in [6, 6.07) is 1.94. The van der Waals surface area contributed by atoms with Crippen molar-refractivity contribution in [2.45, 2.75) is 26.8 Å². The lowest BCUT2D eigenvalue weighted by Crippen LogP contribution is -2.03. The summed E-state index contributed by atoms with van der Waals surface area (Å²) in [5, 5.41) is 12.9. The number of aromatic nitrogens is 6. The fraction of sp³-hybridized carbons (Fsp3) is 0.429. The molecule has 0 bridgehead atoms. The van der Waals surface area contributed by atoms with Gasteiger partial charge in [-0.25, -0.2) is 14.6 Å². The van der Waals surface area contributed by atoms with Crippen LogP contribution in [0.1, 0.15) is 20.3 Å². The molecular formula is C14H18BrN7. The van der Waals surface area contributed by atoms with E-state index in [0.717, 1.165) is 29.8 Å². The van der Waals surface area contributed by atoms with Crippen molar-refractivity contribution in [2.24, 2.45) is 13.0 Å². The maximum Gasteiger partial charge on any atom is 0.164 e. The summed E-state index contributed by atoms with van der Waals surface area (Å²) in [7, 11) is 1.85. The van der Waals surface area contributed by atoms with Crippen molar-refractivity contribution in [3.05, 3.63) is 23.2 Å². The van der Waals surface area contributed by atoms with E-state index in [0.29, 0.717) is 16.3 Å². The van der Waals surface area contributed by atoms with Gasteiger partial charge in [0.15, 0.2) is 11.5 Å². The van der Waals surface area contributed by atoms with Gasteiger partial charge in [0.1, 0.15) is 16.7 Å². The van der Waals surface area contributed by atoms with Crippen LogP contribution < -0.4 is 5.32 Å². The maximum atomic E-state index is 4.52. The van der Waals surface area contributed by atoms with Crippen LogP contribution in [0.15, 0.2) is 23.2 Å². The summed E-state index contributed by atoms with van der Waals surface area (Å²) < 4.78 is 4.37. The van der Waals surface area contributed by atoms with Gasteiger partial charge in [-0.3, -0.25) is 4.68 Å². The molecule has 3 aromatic rings. The van der Waals surface area contributed by atoms with Crippen LogP contribution in [0.4, 0.5) is 11.6 Å². The van der Waals surface area contributed by atoms with Crippen LogP contribution in [-0.4, -0.2) is 29.5 Å². The second kappa shape index (κ2) is 6.04. The van der Waals surface area contributed by atoms with Gasteiger partial charge in [0, 0.05) is 25.9 Å². The Hall–Kier alpha value is -1.96. The van der Waals surface area contributed by atoms with Crippen LogP contribution in [0.3, 0.4) is 0 Å². The number of halogens is 1. The molecule has 0 radical (unpaired) electrons. The van der Waals surface area contributed by atoms with Gasteiger partial charge in [-0.2, -0.15) is 10.2 Å². The molecule has 3 heterocycles. The van der Waals surface area contributed by atoms with Crippen LogP contribution in [0.5, 0.6) is 0 Å². The van der Waals surface area contributed by atoms with Crippen LogP contribution in [0.25, 0.3) is 11.0 Å². The van der Waals surface area contributed by atoms with Gasteiger partial charge < -0.3 is 5.32 Å². The minimum Gasteiger partial charge on any atom is -0.323 e. The van der Waals surface area contributed by atoms with E-state index in [9.17, 15) is 0 Å². The third-order valence-corrected chi connectivity index (χ3v) is 3.96. The Morgan fingerprint density at radius 1 is 1.27 bits per heavy atom. The Bertz CT molecular complexity index is 790. The van der Waals surface area contributed by atoms with Crippen LogP contribution >= 0.6 is 15.9 Å². The van der Waals surface area contributed by atoms with Crippen molar-refractivity contribution in [3.8, 4) is 0 Å². The maximum absolute atomic E-state index is 4.52. The molecule has 0 spiro atoms. The zero-order valence-corrected chi connectivity index (χ0v) is 14.4. The highest BCUT2D eigenvalue weighted by Gasteiger charge is 2.14. The molecule has 3 rings (SSSR count). The quantitative estimate of drug-likeness (QED) is 0.753. The fourth-order valence-electron chi connectivity index (χ4n) is 2.20.